The molecule has 106 valence electrons. The first-order chi connectivity index (χ1) is 9.29. The molecular formula is C12H9F3N2O3. The molecule has 0 spiro atoms. The van der Waals surface area contributed by atoms with Gasteiger partial charge in [-0.05, 0) is 24.3 Å². The van der Waals surface area contributed by atoms with Gasteiger partial charge in [0.15, 0.2) is 5.57 Å². The van der Waals surface area contributed by atoms with Gasteiger partial charge in [0.1, 0.15) is 18.4 Å². The average molecular weight is 286 g/mol. The molecule has 1 rings (SSSR count). The summed E-state index contributed by atoms with van der Waals surface area (Å²) in [5.74, 6) is -1.85. The number of anilines is 1. The number of rotatable bonds is 3. The first-order valence-electron chi connectivity index (χ1n) is 5.21. The molecule has 0 aliphatic carbocycles. The standard InChI is InChI=1S/C12H9F3N2O3/c13-12(14,15)7-1-3-8(4-2-7)17-11(20)9(5-16)10(19)6-18/h1-4,18-19H,6H2,(H,17,20)/b10-9-. The highest BCUT2D eigenvalue weighted by Gasteiger charge is 2.30. The van der Waals surface area contributed by atoms with E-state index in [1.54, 1.807) is 0 Å². The minimum absolute atomic E-state index is 0.0153. The maximum atomic E-state index is 12.3. The van der Waals surface area contributed by atoms with Crippen LogP contribution in [0, 0.1) is 11.3 Å². The van der Waals surface area contributed by atoms with E-state index in [2.05, 4.69) is 5.32 Å². The lowest BCUT2D eigenvalue weighted by atomic mass is 10.2. The number of nitriles is 1. The molecule has 3 N–H and O–H groups in total. The summed E-state index contributed by atoms with van der Waals surface area (Å²) < 4.78 is 37.0. The van der Waals surface area contributed by atoms with Gasteiger partial charge in [-0.25, -0.2) is 0 Å². The van der Waals surface area contributed by atoms with Crippen LogP contribution in [0.1, 0.15) is 5.56 Å². The first-order valence-corrected chi connectivity index (χ1v) is 5.21. The molecule has 8 heteroatoms. The molecule has 1 aromatic rings. The van der Waals surface area contributed by atoms with E-state index in [0.717, 1.165) is 24.3 Å². The van der Waals surface area contributed by atoms with Gasteiger partial charge in [0.2, 0.25) is 0 Å². The average Bonchev–Trinajstić information content (AvgIpc) is 2.38. The predicted octanol–water partition coefficient (Wildman–Crippen LogP) is 1.97. The van der Waals surface area contributed by atoms with Gasteiger partial charge in [-0.15, -0.1) is 0 Å². The molecule has 20 heavy (non-hydrogen) atoms. The Morgan fingerprint density at radius 3 is 2.25 bits per heavy atom. The summed E-state index contributed by atoms with van der Waals surface area (Å²) in [6.07, 6.45) is -4.49. The molecule has 0 aliphatic rings. The lowest BCUT2D eigenvalue weighted by Crippen LogP contribution is -2.16. The second-order valence-corrected chi connectivity index (χ2v) is 3.62. The summed E-state index contributed by atoms with van der Waals surface area (Å²) in [5, 5.41) is 28.5. The summed E-state index contributed by atoms with van der Waals surface area (Å²) in [6.45, 7) is -0.899. The van der Waals surface area contributed by atoms with Crippen LogP contribution in [-0.4, -0.2) is 22.7 Å². The Kier molecular flexibility index (Phi) is 4.72. The molecule has 1 amide bonds. The van der Waals surface area contributed by atoms with Gasteiger partial charge in [0.25, 0.3) is 5.91 Å². The van der Waals surface area contributed by atoms with E-state index in [4.69, 9.17) is 15.5 Å². The van der Waals surface area contributed by atoms with Crippen molar-refractivity contribution in [2.75, 3.05) is 11.9 Å². The number of carbonyl (C=O) groups is 1. The van der Waals surface area contributed by atoms with Crippen LogP contribution < -0.4 is 5.32 Å². The van der Waals surface area contributed by atoms with Crippen molar-refractivity contribution in [3.63, 3.8) is 0 Å². The number of amides is 1. The Labute approximate surface area is 111 Å². The molecule has 0 saturated carbocycles. The molecule has 5 nitrogen and oxygen atoms in total. The van der Waals surface area contributed by atoms with Crippen LogP contribution in [0.5, 0.6) is 0 Å². The summed E-state index contributed by atoms with van der Waals surface area (Å²) in [7, 11) is 0. The Morgan fingerprint density at radius 2 is 1.85 bits per heavy atom. The Hall–Kier alpha value is -2.53. The van der Waals surface area contributed by atoms with Crippen molar-refractivity contribution < 1.29 is 28.2 Å². The Morgan fingerprint density at radius 1 is 1.30 bits per heavy atom. The number of halogens is 3. The molecule has 0 atom stereocenters. The number of hydrogen-bond acceptors (Lipinski definition) is 4. The van der Waals surface area contributed by atoms with Crippen LogP contribution in [0.25, 0.3) is 0 Å². The molecule has 0 unspecified atom stereocenters. The molecule has 0 radical (unpaired) electrons. The predicted molar refractivity (Wildman–Crippen MR) is 62.4 cm³/mol. The summed E-state index contributed by atoms with van der Waals surface area (Å²) in [6, 6.07) is 4.92. The second kappa shape index (κ2) is 6.08. The minimum Gasteiger partial charge on any atom is -0.508 e. The van der Waals surface area contributed by atoms with E-state index in [9.17, 15) is 18.0 Å². The number of aliphatic hydroxyl groups excluding tert-OH is 2. The van der Waals surface area contributed by atoms with Crippen molar-refractivity contribution in [2.45, 2.75) is 6.18 Å². The first kappa shape index (κ1) is 15.5. The summed E-state index contributed by atoms with van der Waals surface area (Å²) in [5.41, 5.74) is -1.58. The fourth-order valence-electron chi connectivity index (χ4n) is 1.26. The number of aliphatic hydroxyl groups is 2. The van der Waals surface area contributed by atoms with Gasteiger partial charge in [0, 0.05) is 5.69 Å². The zero-order chi connectivity index (χ0) is 15.3. The number of alkyl halides is 3. The van der Waals surface area contributed by atoms with Gasteiger partial charge < -0.3 is 15.5 Å². The van der Waals surface area contributed by atoms with Crippen molar-refractivity contribution in [1.82, 2.24) is 0 Å². The Balaban J connectivity index is 2.90. The molecule has 1 aromatic carbocycles. The quantitative estimate of drug-likeness (QED) is 0.450. The zero-order valence-corrected chi connectivity index (χ0v) is 9.90. The van der Waals surface area contributed by atoms with Gasteiger partial charge >= 0.3 is 6.18 Å². The SMILES string of the molecule is N#C/C(C(=O)Nc1ccc(C(F)(F)F)cc1)=C(/O)CO. The smallest absolute Gasteiger partial charge is 0.416 e. The Bertz CT molecular complexity index is 571. The fourth-order valence-corrected chi connectivity index (χ4v) is 1.26. The number of benzene rings is 1. The normalized spacial score (nSPS) is 12.3. The van der Waals surface area contributed by atoms with Crippen molar-refractivity contribution in [1.29, 1.82) is 5.26 Å². The molecule has 0 aliphatic heterocycles. The van der Waals surface area contributed by atoms with E-state index in [-0.39, 0.29) is 5.69 Å². The third-order valence-electron chi connectivity index (χ3n) is 2.25. The third kappa shape index (κ3) is 3.73. The molecule has 0 fully saturated rings. The maximum Gasteiger partial charge on any atom is 0.416 e. The van der Waals surface area contributed by atoms with E-state index in [1.807, 2.05) is 0 Å². The zero-order valence-electron chi connectivity index (χ0n) is 9.90. The fraction of sp³-hybridized carbons (Fsp3) is 0.167. The lowest BCUT2D eigenvalue weighted by molar-refractivity contribution is -0.137. The van der Waals surface area contributed by atoms with Crippen molar-refractivity contribution >= 4 is 11.6 Å². The highest BCUT2D eigenvalue weighted by Crippen LogP contribution is 2.29. The van der Waals surface area contributed by atoms with Gasteiger partial charge in [0.05, 0.1) is 5.56 Å². The van der Waals surface area contributed by atoms with Crippen molar-refractivity contribution in [3.8, 4) is 6.07 Å². The molecule has 0 aromatic heterocycles. The van der Waals surface area contributed by atoms with E-state index in [0.29, 0.717) is 0 Å². The van der Waals surface area contributed by atoms with E-state index >= 15 is 0 Å². The third-order valence-corrected chi connectivity index (χ3v) is 2.25. The van der Waals surface area contributed by atoms with E-state index < -0.39 is 35.6 Å². The maximum absolute atomic E-state index is 12.3. The van der Waals surface area contributed by atoms with Crippen LogP contribution >= 0.6 is 0 Å². The van der Waals surface area contributed by atoms with Crippen LogP contribution in [0.2, 0.25) is 0 Å². The van der Waals surface area contributed by atoms with Crippen LogP contribution in [0.15, 0.2) is 35.6 Å². The highest BCUT2D eigenvalue weighted by molar-refractivity contribution is 6.06. The van der Waals surface area contributed by atoms with Crippen LogP contribution in [0.3, 0.4) is 0 Å². The largest absolute Gasteiger partial charge is 0.508 e. The number of nitrogens with zero attached hydrogens (tertiary/aromatic N) is 1. The monoisotopic (exact) mass is 286 g/mol. The summed E-state index contributed by atoms with van der Waals surface area (Å²) in [4.78, 5) is 11.5. The number of nitrogens with one attached hydrogen (secondary N) is 1. The second-order valence-electron chi connectivity index (χ2n) is 3.62. The van der Waals surface area contributed by atoms with Crippen LogP contribution in [-0.2, 0) is 11.0 Å². The lowest BCUT2D eigenvalue weighted by Gasteiger charge is -2.08. The van der Waals surface area contributed by atoms with Gasteiger partial charge in [-0.2, -0.15) is 18.4 Å². The highest BCUT2D eigenvalue weighted by atomic mass is 19.4. The molecule has 0 heterocycles. The topological polar surface area (TPSA) is 93.4 Å². The number of hydrogen-bond donors (Lipinski definition) is 3. The van der Waals surface area contributed by atoms with Crippen molar-refractivity contribution in [2.24, 2.45) is 0 Å². The van der Waals surface area contributed by atoms with Gasteiger partial charge in [-0.3, -0.25) is 4.79 Å². The molecule has 0 saturated heterocycles. The molecular weight excluding hydrogens is 277 g/mol. The van der Waals surface area contributed by atoms with Gasteiger partial charge in [-0.1, -0.05) is 0 Å². The molecule has 0 bridgehead atoms. The minimum atomic E-state index is -4.49. The van der Waals surface area contributed by atoms with E-state index in [1.165, 1.54) is 6.07 Å². The van der Waals surface area contributed by atoms with Crippen molar-refractivity contribution in [3.05, 3.63) is 41.2 Å². The number of carbonyl (C=O) groups excluding carboxylic acids is 1. The summed E-state index contributed by atoms with van der Waals surface area (Å²) >= 11 is 0. The van der Waals surface area contributed by atoms with Crippen LogP contribution in [0.4, 0.5) is 18.9 Å².